The van der Waals surface area contributed by atoms with Crippen LogP contribution in [0.1, 0.15) is 30.6 Å². The van der Waals surface area contributed by atoms with Gasteiger partial charge in [-0.15, -0.1) is 12.6 Å². The van der Waals surface area contributed by atoms with Crippen molar-refractivity contribution in [3.05, 3.63) is 29.8 Å². The number of rotatable bonds is 5. The van der Waals surface area contributed by atoms with Crippen molar-refractivity contribution in [1.29, 1.82) is 0 Å². The number of carbonyl (C=O) groups excluding carboxylic acids is 1. The molecule has 0 saturated carbocycles. The van der Waals surface area contributed by atoms with Crippen molar-refractivity contribution < 1.29 is 9.90 Å². The molecular formula is C13H19NO2S. The zero-order valence-corrected chi connectivity index (χ0v) is 11.2. The van der Waals surface area contributed by atoms with Gasteiger partial charge in [0, 0.05) is 29.7 Å². The highest BCUT2D eigenvalue weighted by Gasteiger charge is 2.18. The van der Waals surface area contributed by atoms with Gasteiger partial charge in [-0.05, 0) is 38.5 Å². The largest absolute Gasteiger partial charge is 0.396 e. The third-order valence-corrected chi connectivity index (χ3v) is 2.81. The quantitative estimate of drug-likeness (QED) is 0.790. The zero-order valence-electron chi connectivity index (χ0n) is 10.3. The highest BCUT2D eigenvalue weighted by atomic mass is 32.1. The lowest BCUT2D eigenvalue weighted by atomic mass is 10.1. The van der Waals surface area contributed by atoms with Gasteiger partial charge in [0.05, 0.1) is 0 Å². The maximum atomic E-state index is 12.3. The molecule has 1 aromatic rings. The van der Waals surface area contributed by atoms with Crippen LogP contribution >= 0.6 is 12.6 Å². The highest BCUT2D eigenvalue weighted by molar-refractivity contribution is 7.80. The maximum Gasteiger partial charge on any atom is 0.254 e. The predicted molar refractivity (Wildman–Crippen MR) is 71.6 cm³/mol. The first-order valence-corrected chi connectivity index (χ1v) is 6.22. The Labute approximate surface area is 108 Å². The number of aliphatic hydroxyl groups excluding tert-OH is 1. The summed E-state index contributed by atoms with van der Waals surface area (Å²) in [5, 5.41) is 8.84. The summed E-state index contributed by atoms with van der Waals surface area (Å²) in [5.74, 6) is -0.00986. The van der Waals surface area contributed by atoms with Crippen molar-refractivity contribution in [2.75, 3.05) is 13.2 Å². The fourth-order valence-electron chi connectivity index (χ4n) is 1.64. The molecule has 94 valence electrons. The molecule has 0 aliphatic carbocycles. The van der Waals surface area contributed by atoms with Crippen LogP contribution < -0.4 is 0 Å². The minimum absolute atomic E-state index is 0.00986. The smallest absolute Gasteiger partial charge is 0.254 e. The van der Waals surface area contributed by atoms with Crippen LogP contribution in [-0.4, -0.2) is 35.1 Å². The summed E-state index contributed by atoms with van der Waals surface area (Å²) < 4.78 is 0. The molecular weight excluding hydrogens is 234 g/mol. The minimum Gasteiger partial charge on any atom is -0.396 e. The Morgan fingerprint density at radius 3 is 2.71 bits per heavy atom. The first kappa shape index (κ1) is 14.1. The van der Waals surface area contributed by atoms with Crippen LogP contribution in [-0.2, 0) is 0 Å². The predicted octanol–water partition coefficient (Wildman–Crippen LogP) is 2.21. The fourth-order valence-corrected chi connectivity index (χ4v) is 1.87. The zero-order chi connectivity index (χ0) is 12.8. The van der Waals surface area contributed by atoms with E-state index in [-0.39, 0.29) is 18.6 Å². The van der Waals surface area contributed by atoms with Gasteiger partial charge in [0.1, 0.15) is 0 Å². The highest BCUT2D eigenvalue weighted by Crippen LogP contribution is 2.13. The number of benzene rings is 1. The number of nitrogens with zero attached hydrogens (tertiary/aromatic N) is 1. The lowest BCUT2D eigenvalue weighted by Gasteiger charge is -2.26. The Kier molecular flexibility index (Phi) is 5.51. The Morgan fingerprint density at radius 2 is 2.18 bits per heavy atom. The number of thiol groups is 1. The van der Waals surface area contributed by atoms with E-state index in [0.717, 1.165) is 4.90 Å². The van der Waals surface area contributed by atoms with Gasteiger partial charge in [0.25, 0.3) is 5.91 Å². The minimum atomic E-state index is -0.00986. The summed E-state index contributed by atoms with van der Waals surface area (Å²) in [6.45, 7) is 4.62. The van der Waals surface area contributed by atoms with Crippen LogP contribution in [0.5, 0.6) is 0 Å². The van der Waals surface area contributed by atoms with E-state index in [9.17, 15) is 4.79 Å². The average Bonchev–Trinajstić information content (AvgIpc) is 2.29. The number of hydrogen-bond acceptors (Lipinski definition) is 3. The third kappa shape index (κ3) is 4.06. The molecule has 17 heavy (non-hydrogen) atoms. The molecule has 0 radical (unpaired) electrons. The Balaban J connectivity index is 2.84. The summed E-state index contributed by atoms with van der Waals surface area (Å²) in [6.07, 6.45) is 0.602. The monoisotopic (exact) mass is 253 g/mol. The number of amides is 1. The lowest BCUT2D eigenvalue weighted by molar-refractivity contribution is 0.0693. The fraction of sp³-hybridized carbons (Fsp3) is 0.462. The molecule has 0 saturated heterocycles. The summed E-state index contributed by atoms with van der Waals surface area (Å²) in [5.41, 5.74) is 0.643. The molecule has 1 aromatic carbocycles. The second-order valence-corrected chi connectivity index (χ2v) is 4.74. The molecule has 4 heteroatoms. The molecule has 0 unspecified atom stereocenters. The molecule has 0 heterocycles. The van der Waals surface area contributed by atoms with E-state index >= 15 is 0 Å². The summed E-state index contributed by atoms with van der Waals surface area (Å²) in [7, 11) is 0. The topological polar surface area (TPSA) is 40.5 Å². The van der Waals surface area contributed by atoms with Gasteiger partial charge in [0.15, 0.2) is 0 Å². The second kappa shape index (κ2) is 6.67. The number of carbonyl (C=O) groups is 1. The molecule has 1 amide bonds. The van der Waals surface area contributed by atoms with Crippen molar-refractivity contribution in [3.8, 4) is 0 Å². The van der Waals surface area contributed by atoms with E-state index in [4.69, 9.17) is 5.11 Å². The van der Waals surface area contributed by atoms with Gasteiger partial charge in [-0.1, -0.05) is 6.07 Å². The molecule has 3 nitrogen and oxygen atoms in total. The first-order chi connectivity index (χ1) is 8.06. The average molecular weight is 253 g/mol. The van der Waals surface area contributed by atoms with E-state index in [1.165, 1.54) is 0 Å². The van der Waals surface area contributed by atoms with Crippen LogP contribution in [0.3, 0.4) is 0 Å². The summed E-state index contributed by atoms with van der Waals surface area (Å²) >= 11 is 4.23. The number of aliphatic hydroxyl groups is 1. The summed E-state index contributed by atoms with van der Waals surface area (Å²) in [6, 6.07) is 7.33. The number of hydrogen-bond donors (Lipinski definition) is 2. The molecule has 0 fully saturated rings. The Bertz CT molecular complexity index is 379. The van der Waals surface area contributed by atoms with Crippen molar-refractivity contribution in [1.82, 2.24) is 4.90 Å². The molecule has 1 rings (SSSR count). The Hall–Kier alpha value is -1.00. The Morgan fingerprint density at radius 1 is 1.47 bits per heavy atom. The van der Waals surface area contributed by atoms with Gasteiger partial charge in [-0.3, -0.25) is 4.79 Å². The van der Waals surface area contributed by atoms with Gasteiger partial charge in [-0.2, -0.15) is 0 Å². The van der Waals surface area contributed by atoms with E-state index < -0.39 is 0 Å². The SMILES string of the molecule is CC(C)N(CCCO)C(=O)c1cccc(S)c1. The third-order valence-electron chi connectivity index (χ3n) is 2.53. The summed E-state index contributed by atoms with van der Waals surface area (Å²) in [4.78, 5) is 14.8. The molecule has 0 atom stereocenters. The van der Waals surface area contributed by atoms with Crippen LogP contribution in [0.25, 0.3) is 0 Å². The van der Waals surface area contributed by atoms with Gasteiger partial charge >= 0.3 is 0 Å². The van der Waals surface area contributed by atoms with Crippen molar-refractivity contribution in [2.45, 2.75) is 31.2 Å². The maximum absolute atomic E-state index is 12.3. The van der Waals surface area contributed by atoms with E-state index in [2.05, 4.69) is 12.6 Å². The van der Waals surface area contributed by atoms with Crippen molar-refractivity contribution in [3.63, 3.8) is 0 Å². The molecule has 0 bridgehead atoms. The van der Waals surface area contributed by atoms with Crippen LogP contribution in [0.4, 0.5) is 0 Å². The second-order valence-electron chi connectivity index (χ2n) is 4.22. The van der Waals surface area contributed by atoms with Crippen molar-refractivity contribution >= 4 is 18.5 Å². The van der Waals surface area contributed by atoms with Crippen LogP contribution in [0, 0.1) is 0 Å². The molecule has 1 N–H and O–H groups in total. The molecule has 0 spiro atoms. The molecule has 0 aromatic heterocycles. The van der Waals surface area contributed by atoms with Gasteiger partial charge in [0.2, 0.25) is 0 Å². The van der Waals surface area contributed by atoms with Crippen molar-refractivity contribution in [2.24, 2.45) is 0 Å². The first-order valence-electron chi connectivity index (χ1n) is 5.77. The lowest BCUT2D eigenvalue weighted by Crippen LogP contribution is -2.38. The van der Waals surface area contributed by atoms with E-state index in [1.54, 1.807) is 17.0 Å². The van der Waals surface area contributed by atoms with Crippen LogP contribution in [0.15, 0.2) is 29.2 Å². The van der Waals surface area contributed by atoms with Gasteiger partial charge < -0.3 is 10.0 Å². The van der Waals surface area contributed by atoms with Crippen LogP contribution in [0.2, 0.25) is 0 Å². The van der Waals surface area contributed by atoms with E-state index in [0.29, 0.717) is 18.5 Å². The molecule has 0 aliphatic rings. The standard InChI is InChI=1S/C13H19NO2S/c1-10(2)14(7-4-8-15)13(16)11-5-3-6-12(17)9-11/h3,5-6,9-10,15,17H,4,7-8H2,1-2H3. The normalized spacial score (nSPS) is 10.6. The van der Waals surface area contributed by atoms with E-state index in [1.807, 2.05) is 26.0 Å². The molecule has 0 aliphatic heterocycles. The van der Waals surface area contributed by atoms with Gasteiger partial charge in [-0.25, -0.2) is 0 Å².